The number of rotatable bonds is 4. The number of aliphatic hydroxyl groups excluding tert-OH is 7. The number of aliphatic hydroxyl groups is 7. The molecule has 2 fully saturated rings. The zero-order chi connectivity index (χ0) is 17.3. The standard InChI is InChI=1S/C12H23NO10/c13-1-3-10(7(17)8(18)11(20)21-3)23-12-9(19)6(16)5(15)4(2-14)22-12/h3-12,14-20H,1-2,13H2/t3-,4-,5-,6+,7-,8-,9-,10-,11-,12-/m1/s1. The fourth-order valence-electron chi connectivity index (χ4n) is 2.61. The second-order valence-corrected chi connectivity index (χ2v) is 5.58. The number of hydrogen-bond donors (Lipinski definition) is 8. The van der Waals surface area contributed by atoms with Gasteiger partial charge in [0.25, 0.3) is 0 Å². The second kappa shape index (κ2) is 7.63. The molecule has 2 heterocycles. The Morgan fingerprint density at radius 1 is 0.783 bits per heavy atom. The average Bonchev–Trinajstić information content (AvgIpc) is 2.55. The molecule has 0 radical (unpaired) electrons. The highest BCUT2D eigenvalue weighted by molar-refractivity contribution is 4.94. The Kier molecular flexibility index (Phi) is 6.27. The molecule has 0 spiro atoms. The second-order valence-electron chi connectivity index (χ2n) is 5.58. The summed E-state index contributed by atoms with van der Waals surface area (Å²) in [6.45, 7) is -0.820. The third kappa shape index (κ3) is 3.65. The van der Waals surface area contributed by atoms with Crippen LogP contribution < -0.4 is 5.73 Å². The summed E-state index contributed by atoms with van der Waals surface area (Å²) in [4.78, 5) is 0. The first-order valence-corrected chi connectivity index (χ1v) is 7.17. The molecule has 0 saturated carbocycles. The Morgan fingerprint density at radius 2 is 1.43 bits per heavy atom. The smallest absolute Gasteiger partial charge is 0.187 e. The lowest BCUT2D eigenvalue weighted by atomic mass is 9.97. The van der Waals surface area contributed by atoms with E-state index in [1.165, 1.54) is 0 Å². The van der Waals surface area contributed by atoms with Crippen LogP contribution in [0.1, 0.15) is 0 Å². The van der Waals surface area contributed by atoms with Crippen LogP contribution in [0.3, 0.4) is 0 Å². The summed E-state index contributed by atoms with van der Waals surface area (Å²) in [6, 6.07) is 0. The van der Waals surface area contributed by atoms with E-state index in [1.807, 2.05) is 0 Å². The van der Waals surface area contributed by atoms with Crippen molar-refractivity contribution in [2.45, 2.75) is 61.4 Å². The molecule has 9 N–H and O–H groups in total. The summed E-state index contributed by atoms with van der Waals surface area (Å²) in [7, 11) is 0. The van der Waals surface area contributed by atoms with E-state index in [1.54, 1.807) is 0 Å². The van der Waals surface area contributed by atoms with Crippen molar-refractivity contribution >= 4 is 0 Å². The summed E-state index contributed by atoms with van der Waals surface area (Å²) in [5, 5.41) is 67.5. The van der Waals surface area contributed by atoms with E-state index in [2.05, 4.69) is 0 Å². The Hall–Kier alpha value is -0.440. The van der Waals surface area contributed by atoms with E-state index >= 15 is 0 Å². The number of nitrogens with two attached hydrogens (primary N) is 1. The van der Waals surface area contributed by atoms with Crippen molar-refractivity contribution in [1.29, 1.82) is 0 Å². The van der Waals surface area contributed by atoms with Gasteiger partial charge in [-0.15, -0.1) is 0 Å². The van der Waals surface area contributed by atoms with Crippen LogP contribution in [0.5, 0.6) is 0 Å². The van der Waals surface area contributed by atoms with Gasteiger partial charge in [0.1, 0.15) is 48.8 Å². The van der Waals surface area contributed by atoms with Gasteiger partial charge in [-0.2, -0.15) is 0 Å². The first kappa shape index (κ1) is 18.9. The molecule has 0 aromatic heterocycles. The van der Waals surface area contributed by atoms with Crippen molar-refractivity contribution in [3.63, 3.8) is 0 Å². The first-order valence-electron chi connectivity index (χ1n) is 7.17. The van der Waals surface area contributed by atoms with Crippen molar-refractivity contribution < 1.29 is 50.0 Å². The van der Waals surface area contributed by atoms with Gasteiger partial charge in [-0.3, -0.25) is 0 Å². The number of ether oxygens (including phenoxy) is 3. The van der Waals surface area contributed by atoms with Crippen LogP contribution in [0, 0.1) is 0 Å². The normalized spacial score (nSPS) is 51.7. The third-order valence-corrected chi connectivity index (χ3v) is 4.03. The molecule has 11 heteroatoms. The molecule has 2 aliphatic rings. The van der Waals surface area contributed by atoms with Crippen LogP contribution in [-0.2, 0) is 14.2 Å². The largest absolute Gasteiger partial charge is 0.394 e. The Morgan fingerprint density at radius 3 is 2.00 bits per heavy atom. The van der Waals surface area contributed by atoms with Crippen molar-refractivity contribution in [1.82, 2.24) is 0 Å². The van der Waals surface area contributed by atoms with Crippen molar-refractivity contribution in [3.8, 4) is 0 Å². The zero-order valence-corrected chi connectivity index (χ0v) is 12.1. The van der Waals surface area contributed by atoms with Gasteiger partial charge in [0.05, 0.1) is 6.61 Å². The highest BCUT2D eigenvalue weighted by Gasteiger charge is 2.49. The van der Waals surface area contributed by atoms with Crippen molar-refractivity contribution in [2.75, 3.05) is 13.2 Å². The van der Waals surface area contributed by atoms with E-state index in [0.717, 1.165) is 0 Å². The molecule has 23 heavy (non-hydrogen) atoms. The quantitative estimate of drug-likeness (QED) is 0.243. The van der Waals surface area contributed by atoms with Crippen molar-refractivity contribution in [3.05, 3.63) is 0 Å². The molecule has 2 aliphatic heterocycles. The van der Waals surface area contributed by atoms with E-state index in [9.17, 15) is 30.6 Å². The third-order valence-electron chi connectivity index (χ3n) is 4.03. The van der Waals surface area contributed by atoms with Crippen LogP contribution in [0.25, 0.3) is 0 Å². The van der Waals surface area contributed by atoms with Crippen LogP contribution in [0.4, 0.5) is 0 Å². The molecule has 0 aromatic rings. The fourth-order valence-corrected chi connectivity index (χ4v) is 2.61. The van der Waals surface area contributed by atoms with Gasteiger partial charge >= 0.3 is 0 Å². The molecule has 2 rings (SSSR count). The monoisotopic (exact) mass is 341 g/mol. The maximum absolute atomic E-state index is 10.00. The maximum atomic E-state index is 10.00. The summed E-state index contributed by atoms with van der Waals surface area (Å²) < 4.78 is 15.5. The Balaban J connectivity index is 2.11. The molecule has 0 aliphatic carbocycles. The van der Waals surface area contributed by atoms with Crippen molar-refractivity contribution in [2.24, 2.45) is 5.73 Å². The van der Waals surface area contributed by atoms with Crippen LogP contribution in [0.15, 0.2) is 0 Å². The van der Waals surface area contributed by atoms with E-state index in [0.29, 0.717) is 0 Å². The molecular weight excluding hydrogens is 318 g/mol. The molecular formula is C12H23NO10. The van der Waals surface area contributed by atoms with Gasteiger partial charge in [0, 0.05) is 6.54 Å². The van der Waals surface area contributed by atoms with Crippen LogP contribution >= 0.6 is 0 Å². The van der Waals surface area contributed by atoms with Gasteiger partial charge in [0.15, 0.2) is 12.6 Å². The SMILES string of the molecule is NC[C@H]1O[C@@H](O)[C@H](O)[C@@H](O)[C@@H]1O[C@H]1O[C@H](CO)[C@@H](O)[C@H](O)[C@H]1O. The van der Waals surface area contributed by atoms with Gasteiger partial charge in [-0.1, -0.05) is 0 Å². The highest BCUT2D eigenvalue weighted by Crippen LogP contribution is 2.28. The maximum Gasteiger partial charge on any atom is 0.187 e. The Labute approximate surface area is 131 Å². The first-order chi connectivity index (χ1) is 10.8. The molecule has 0 unspecified atom stereocenters. The van der Waals surface area contributed by atoms with E-state index in [4.69, 9.17) is 25.1 Å². The lowest BCUT2D eigenvalue weighted by molar-refractivity contribution is -0.352. The van der Waals surface area contributed by atoms with Crippen LogP contribution in [-0.4, -0.2) is 110 Å². The molecule has 10 atom stereocenters. The molecule has 2 saturated heterocycles. The molecule has 0 amide bonds. The summed E-state index contributed by atoms with van der Waals surface area (Å²) in [5.41, 5.74) is 5.46. The minimum Gasteiger partial charge on any atom is -0.394 e. The lowest BCUT2D eigenvalue weighted by Crippen LogP contribution is -2.64. The summed E-state index contributed by atoms with van der Waals surface area (Å²) in [5.74, 6) is 0. The molecule has 11 nitrogen and oxygen atoms in total. The summed E-state index contributed by atoms with van der Waals surface area (Å²) in [6.07, 6.45) is -14.8. The number of hydrogen-bond acceptors (Lipinski definition) is 11. The van der Waals surface area contributed by atoms with Crippen LogP contribution in [0.2, 0.25) is 0 Å². The zero-order valence-electron chi connectivity index (χ0n) is 12.1. The van der Waals surface area contributed by atoms with Gasteiger partial charge in [0.2, 0.25) is 0 Å². The molecule has 0 bridgehead atoms. The van der Waals surface area contributed by atoms with Gasteiger partial charge < -0.3 is 55.7 Å². The average molecular weight is 341 g/mol. The molecule has 136 valence electrons. The topological polar surface area (TPSA) is 195 Å². The van der Waals surface area contributed by atoms with Gasteiger partial charge in [-0.25, -0.2) is 0 Å². The minimum atomic E-state index is -1.68. The fraction of sp³-hybridized carbons (Fsp3) is 1.00. The Bertz CT molecular complexity index is 383. The minimum absolute atomic E-state index is 0.178. The van der Waals surface area contributed by atoms with Gasteiger partial charge in [-0.05, 0) is 0 Å². The van der Waals surface area contributed by atoms with E-state index in [-0.39, 0.29) is 6.54 Å². The lowest BCUT2D eigenvalue weighted by Gasteiger charge is -2.45. The predicted molar refractivity (Wildman–Crippen MR) is 70.6 cm³/mol. The molecule has 0 aromatic carbocycles. The van der Waals surface area contributed by atoms with E-state index < -0.39 is 68.0 Å². The predicted octanol–water partition coefficient (Wildman–Crippen LogP) is -5.43. The summed E-state index contributed by atoms with van der Waals surface area (Å²) >= 11 is 0. The highest BCUT2D eigenvalue weighted by atomic mass is 16.7.